The normalized spacial score (nSPS) is 10.8. The minimum absolute atomic E-state index is 0.941. The van der Waals surface area contributed by atoms with Crippen molar-refractivity contribution in [2.24, 2.45) is 0 Å². The Balaban J connectivity index is 1.72. The molecule has 0 aliphatic carbocycles. The largest absolute Gasteiger partial charge is 0.135 e. The first-order valence-corrected chi connectivity index (χ1v) is 11.5. The lowest BCUT2D eigenvalue weighted by Crippen LogP contribution is -1.97. The Morgan fingerprint density at radius 3 is 1.06 bits per heavy atom. The van der Waals surface area contributed by atoms with Crippen LogP contribution < -0.4 is 0 Å². The van der Waals surface area contributed by atoms with E-state index in [4.69, 9.17) is 0 Å². The Morgan fingerprint density at radius 1 is 0.387 bits per heavy atom. The summed E-state index contributed by atoms with van der Waals surface area (Å²) in [5, 5.41) is 0. The van der Waals surface area contributed by atoms with Gasteiger partial charge in [0.05, 0.1) is 0 Å². The Hall–Kier alpha value is -3.42. The molecule has 0 aliphatic rings. The maximum atomic E-state index is 2.24. The third-order valence-electron chi connectivity index (χ3n) is 5.64. The van der Waals surface area contributed by atoms with Crippen molar-refractivity contribution in [3.8, 4) is 20.9 Å². The lowest BCUT2D eigenvalue weighted by atomic mass is 9.92. The molecule has 4 aromatic carbocycles. The van der Waals surface area contributed by atoms with Crippen LogP contribution >= 0.6 is 11.3 Å². The van der Waals surface area contributed by atoms with Crippen molar-refractivity contribution in [3.63, 3.8) is 0 Å². The van der Waals surface area contributed by atoms with Gasteiger partial charge in [0.2, 0.25) is 0 Å². The van der Waals surface area contributed by atoms with E-state index in [1.807, 2.05) is 11.3 Å². The first-order valence-electron chi connectivity index (χ1n) is 10.7. The Kier molecular flexibility index (Phi) is 5.77. The van der Waals surface area contributed by atoms with E-state index in [9.17, 15) is 0 Å². The zero-order valence-corrected chi connectivity index (χ0v) is 18.2. The van der Waals surface area contributed by atoms with Gasteiger partial charge in [0, 0.05) is 9.75 Å². The van der Waals surface area contributed by atoms with Gasteiger partial charge in [0.15, 0.2) is 0 Å². The van der Waals surface area contributed by atoms with Crippen molar-refractivity contribution in [2.45, 2.75) is 12.8 Å². The molecule has 0 amide bonds. The lowest BCUT2D eigenvalue weighted by molar-refractivity contribution is 1.11. The number of hydrogen-bond acceptors (Lipinski definition) is 1. The van der Waals surface area contributed by atoms with Gasteiger partial charge in [-0.3, -0.25) is 0 Å². The fourth-order valence-corrected chi connectivity index (χ4v) is 5.47. The molecule has 0 radical (unpaired) electrons. The number of rotatable bonds is 6. The van der Waals surface area contributed by atoms with Gasteiger partial charge in [-0.25, -0.2) is 0 Å². The standard InChI is InChI=1S/C30H24S/c1-5-13-23(14-6-1)21-27-28(22-24-15-7-2-8-16-24)30(26-19-11-4-12-20-26)31-29(27)25-17-9-3-10-18-25/h1-20H,21-22H2. The van der Waals surface area contributed by atoms with Gasteiger partial charge in [-0.2, -0.15) is 0 Å². The second-order valence-corrected chi connectivity index (χ2v) is 8.79. The molecule has 0 unspecified atom stereocenters. The van der Waals surface area contributed by atoms with Crippen molar-refractivity contribution in [2.75, 3.05) is 0 Å². The second kappa shape index (κ2) is 9.16. The third-order valence-corrected chi connectivity index (χ3v) is 7.01. The quantitative estimate of drug-likeness (QED) is 0.261. The summed E-state index contributed by atoms with van der Waals surface area (Å²) in [4.78, 5) is 2.77. The highest BCUT2D eigenvalue weighted by atomic mass is 32.1. The molecular weight excluding hydrogens is 392 g/mol. The van der Waals surface area contributed by atoms with Crippen LogP contribution in [-0.4, -0.2) is 0 Å². The summed E-state index contributed by atoms with van der Waals surface area (Å²) in [6.45, 7) is 0. The maximum Gasteiger partial charge on any atom is 0.0387 e. The van der Waals surface area contributed by atoms with Gasteiger partial charge in [0.1, 0.15) is 0 Å². The minimum Gasteiger partial charge on any atom is -0.135 e. The molecule has 0 atom stereocenters. The predicted octanol–water partition coefficient (Wildman–Crippen LogP) is 8.26. The summed E-state index contributed by atoms with van der Waals surface area (Å²) < 4.78 is 0. The minimum atomic E-state index is 0.941. The predicted molar refractivity (Wildman–Crippen MR) is 134 cm³/mol. The van der Waals surface area contributed by atoms with Gasteiger partial charge < -0.3 is 0 Å². The van der Waals surface area contributed by atoms with Gasteiger partial charge in [0.25, 0.3) is 0 Å². The van der Waals surface area contributed by atoms with Crippen LogP contribution in [0.15, 0.2) is 121 Å². The topological polar surface area (TPSA) is 0 Å². The van der Waals surface area contributed by atoms with Gasteiger partial charge >= 0.3 is 0 Å². The van der Waals surface area contributed by atoms with E-state index in [-0.39, 0.29) is 0 Å². The number of thiophene rings is 1. The zero-order valence-electron chi connectivity index (χ0n) is 17.4. The molecule has 0 fully saturated rings. The molecule has 0 bridgehead atoms. The van der Waals surface area contributed by atoms with Crippen LogP contribution in [-0.2, 0) is 12.8 Å². The van der Waals surface area contributed by atoms with E-state index in [1.165, 1.54) is 43.1 Å². The first-order chi connectivity index (χ1) is 15.4. The van der Waals surface area contributed by atoms with Crippen LogP contribution in [0.2, 0.25) is 0 Å². The maximum absolute atomic E-state index is 2.24. The molecule has 0 aliphatic heterocycles. The average Bonchev–Trinajstić information content (AvgIpc) is 3.19. The molecule has 1 heterocycles. The zero-order chi connectivity index (χ0) is 20.9. The van der Waals surface area contributed by atoms with Crippen LogP contribution in [0.3, 0.4) is 0 Å². The van der Waals surface area contributed by atoms with Crippen LogP contribution in [0, 0.1) is 0 Å². The summed E-state index contributed by atoms with van der Waals surface area (Å²) >= 11 is 1.93. The molecule has 1 heteroatoms. The van der Waals surface area contributed by atoms with Crippen molar-refractivity contribution in [1.82, 2.24) is 0 Å². The SMILES string of the molecule is c1ccc(Cc2c(-c3ccccc3)sc(-c3ccccc3)c2Cc2ccccc2)cc1. The van der Waals surface area contributed by atoms with Gasteiger partial charge in [-0.15, -0.1) is 11.3 Å². The lowest BCUT2D eigenvalue weighted by Gasteiger charge is -2.11. The number of benzene rings is 4. The van der Waals surface area contributed by atoms with Crippen LogP contribution in [0.1, 0.15) is 22.3 Å². The van der Waals surface area contributed by atoms with E-state index in [1.54, 1.807) is 0 Å². The second-order valence-electron chi connectivity index (χ2n) is 7.77. The summed E-state index contributed by atoms with van der Waals surface area (Å²) in [6, 6.07) is 43.4. The van der Waals surface area contributed by atoms with Gasteiger partial charge in [-0.05, 0) is 46.2 Å². The van der Waals surface area contributed by atoms with E-state index in [0.717, 1.165) is 12.8 Å². The molecule has 150 valence electrons. The molecule has 0 N–H and O–H groups in total. The summed E-state index contributed by atoms with van der Waals surface area (Å²) in [6.07, 6.45) is 1.88. The highest BCUT2D eigenvalue weighted by Crippen LogP contribution is 2.44. The molecule has 5 aromatic rings. The van der Waals surface area contributed by atoms with E-state index < -0.39 is 0 Å². The molecule has 1 aromatic heterocycles. The van der Waals surface area contributed by atoms with Crippen LogP contribution in [0.4, 0.5) is 0 Å². The number of hydrogen-bond donors (Lipinski definition) is 0. The fourth-order valence-electron chi connectivity index (χ4n) is 4.12. The molecular formula is C30H24S. The van der Waals surface area contributed by atoms with E-state index in [0.29, 0.717) is 0 Å². The van der Waals surface area contributed by atoms with Crippen molar-refractivity contribution in [3.05, 3.63) is 144 Å². The molecule has 31 heavy (non-hydrogen) atoms. The smallest absolute Gasteiger partial charge is 0.0387 e. The summed E-state index contributed by atoms with van der Waals surface area (Å²) in [5.74, 6) is 0. The van der Waals surface area contributed by atoms with Gasteiger partial charge in [-0.1, -0.05) is 121 Å². The van der Waals surface area contributed by atoms with Crippen LogP contribution in [0.25, 0.3) is 20.9 Å². The first kappa shape index (κ1) is 19.5. The summed E-state index contributed by atoms with van der Waals surface area (Å²) in [7, 11) is 0. The van der Waals surface area contributed by atoms with Crippen molar-refractivity contribution in [1.29, 1.82) is 0 Å². The third kappa shape index (κ3) is 4.38. The Bertz CT molecular complexity index is 1140. The van der Waals surface area contributed by atoms with E-state index in [2.05, 4.69) is 121 Å². The van der Waals surface area contributed by atoms with Crippen molar-refractivity contribution >= 4 is 11.3 Å². The highest BCUT2D eigenvalue weighted by Gasteiger charge is 2.21. The molecule has 0 nitrogen and oxygen atoms in total. The van der Waals surface area contributed by atoms with E-state index >= 15 is 0 Å². The highest BCUT2D eigenvalue weighted by molar-refractivity contribution is 7.19. The van der Waals surface area contributed by atoms with Crippen molar-refractivity contribution < 1.29 is 0 Å². The molecule has 0 saturated heterocycles. The monoisotopic (exact) mass is 416 g/mol. The molecule has 0 saturated carbocycles. The average molecular weight is 417 g/mol. The molecule has 0 spiro atoms. The summed E-state index contributed by atoms with van der Waals surface area (Å²) in [5.41, 5.74) is 8.21. The Labute approximate surface area is 188 Å². The molecule has 5 rings (SSSR count). The Morgan fingerprint density at radius 2 is 0.710 bits per heavy atom. The fraction of sp³-hybridized carbons (Fsp3) is 0.0667. The van der Waals surface area contributed by atoms with Crippen LogP contribution in [0.5, 0.6) is 0 Å².